The number of sulfone groups is 1. The Labute approximate surface area is 109 Å². The SMILES string of the molecule is O=S1(=O)CC2N=C(Nc3ccccc3F)SC2C1. The van der Waals surface area contributed by atoms with Crippen LogP contribution >= 0.6 is 11.8 Å². The minimum atomic E-state index is -2.94. The van der Waals surface area contributed by atoms with Crippen molar-refractivity contribution in [3.8, 4) is 0 Å². The molecule has 2 aliphatic heterocycles. The molecule has 1 N–H and O–H groups in total. The Hall–Kier alpha value is -1.08. The molecule has 7 heteroatoms. The number of thioether (sulfide) groups is 1. The van der Waals surface area contributed by atoms with Crippen LogP contribution in [-0.2, 0) is 9.84 Å². The molecular formula is C11H11FN2O2S2. The zero-order chi connectivity index (χ0) is 12.8. The average Bonchev–Trinajstić information content (AvgIpc) is 2.74. The van der Waals surface area contributed by atoms with E-state index in [9.17, 15) is 12.8 Å². The molecule has 18 heavy (non-hydrogen) atoms. The normalized spacial score (nSPS) is 28.8. The summed E-state index contributed by atoms with van der Waals surface area (Å²) >= 11 is 1.38. The van der Waals surface area contributed by atoms with Crippen molar-refractivity contribution in [1.29, 1.82) is 0 Å². The Bertz CT molecular complexity index is 615. The molecule has 2 heterocycles. The number of rotatable bonds is 1. The predicted molar refractivity (Wildman–Crippen MR) is 71.3 cm³/mol. The van der Waals surface area contributed by atoms with E-state index in [2.05, 4.69) is 10.3 Å². The zero-order valence-corrected chi connectivity index (χ0v) is 11.0. The molecule has 1 saturated heterocycles. The number of para-hydroxylation sites is 1. The largest absolute Gasteiger partial charge is 0.333 e. The Morgan fingerprint density at radius 2 is 2.11 bits per heavy atom. The molecule has 0 amide bonds. The lowest BCUT2D eigenvalue weighted by Gasteiger charge is -2.07. The van der Waals surface area contributed by atoms with Crippen LogP contribution in [0.3, 0.4) is 0 Å². The summed E-state index contributed by atoms with van der Waals surface area (Å²) in [6, 6.07) is 6.16. The van der Waals surface area contributed by atoms with Gasteiger partial charge in [-0.2, -0.15) is 0 Å². The van der Waals surface area contributed by atoms with Crippen molar-refractivity contribution in [1.82, 2.24) is 0 Å². The quantitative estimate of drug-likeness (QED) is 0.850. The number of hydrogen-bond donors (Lipinski definition) is 1. The van der Waals surface area contributed by atoms with E-state index < -0.39 is 9.84 Å². The highest BCUT2D eigenvalue weighted by molar-refractivity contribution is 8.15. The minimum absolute atomic E-state index is 0.0238. The first-order valence-corrected chi connectivity index (χ1v) is 8.20. The van der Waals surface area contributed by atoms with Gasteiger partial charge in [0.1, 0.15) is 5.82 Å². The Balaban J connectivity index is 1.76. The highest BCUT2D eigenvalue weighted by atomic mass is 32.2. The lowest BCUT2D eigenvalue weighted by Crippen LogP contribution is -2.13. The van der Waals surface area contributed by atoms with E-state index in [1.807, 2.05) is 0 Å². The van der Waals surface area contributed by atoms with Crippen LogP contribution in [0.1, 0.15) is 0 Å². The van der Waals surface area contributed by atoms with Crippen LogP contribution < -0.4 is 5.32 Å². The third-order valence-corrected chi connectivity index (χ3v) is 6.08. The summed E-state index contributed by atoms with van der Waals surface area (Å²) in [4.78, 5) is 4.30. The fourth-order valence-electron chi connectivity index (χ4n) is 2.09. The van der Waals surface area contributed by atoms with Gasteiger partial charge in [0.15, 0.2) is 15.0 Å². The third-order valence-electron chi connectivity index (χ3n) is 2.93. The van der Waals surface area contributed by atoms with E-state index in [1.54, 1.807) is 18.2 Å². The molecule has 96 valence electrons. The summed E-state index contributed by atoms with van der Waals surface area (Å²) < 4.78 is 36.2. The van der Waals surface area contributed by atoms with Crippen LogP contribution in [0.2, 0.25) is 0 Å². The number of halogens is 1. The number of anilines is 1. The van der Waals surface area contributed by atoms with Crippen LogP contribution in [0.15, 0.2) is 29.3 Å². The van der Waals surface area contributed by atoms with E-state index in [-0.39, 0.29) is 28.6 Å². The van der Waals surface area contributed by atoms with Crippen molar-refractivity contribution in [3.05, 3.63) is 30.1 Å². The molecule has 3 rings (SSSR count). The van der Waals surface area contributed by atoms with Crippen molar-refractivity contribution in [2.24, 2.45) is 4.99 Å². The van der Waals surface area contributed by atoms with E-state index >= 15 is 0 Å². The molecular weight excluding hydrogens is 275 g/mol. The molecule has 0 bridgehead atoms. The molecule has 2 aliphatic rings. The summed E-state index contributed by atoms with van der Waals surface area (Å²) in [6.45, 7) is 0. The summed E-state index contributed by atoms with van der Waals surface area (Å²) in [5.41, 5.74) is 0.367. The van der Waals surface area contributed by atoms with Crippen LogP contribution in [0.4, 0.5) is 10.1 Å². The molecule has 2 unspecified atom stereocenters. The Morgan fingerprint density at radius 1 is 1.33 bits per heavy atom. The minimum Gasteiger partial charge on any atom is -0.333 e. The molecule has 1 fully saturated rings. The van der Waals surface area contributed by atoms with Gasteiger partial charge in [0.25, 0.3) is 0 Å². The van der Waals surface area contributed by atoms with E-state index in [0.717, 1.165) is 0 Å². The molecule has 1 aromatic rings. The van der Waals surface area contributed by atoms with Crippen molar-refractivity contribution in [2.45, 2.75) is 11.3 Å². The van der Waals surface area contributed by atoms with Gasteiger partial charge < -0.3 is 5.32 Å². The number of aliphatic imine (C=N–C) groups is 1. The van der Waals surface area contributed by atoms with Crippen LogP contribution in [0, 0.1) is 5.82 Å². The first kappa shape index (κ1) is 12.0. The molecule has 0 aromatic heterocycles. The van der Waals surface area contributed by atoms with Gasteiger partial charge in [-0.25, -0.2) is 12.8 Å². The standard InChI is InChI=1S/C11H11FN2O2S2/c12-7-3-1-2-4-8(7)13-11-14-9-5-18(15,16)6-10(9)17-11/h1-4,9-10H,5-6H2,(H,13,14). The van der Waals surface area contributed by atoms with Crippen LogP contribution in [0.5, 0.6) is 0 Å². The number of benzene rings is 1. The molecule has 0 radical (unpaired) electrons. The number of fused-ring (bicyclic) bond motifs is 1. The fourth-order valence-corrected chi connectivity index (χ4v) is 5.76. The van der Waals surface area contributed by atoms with E-state index in [4.69, 9.17) is 0 Å². The van der Waals surface area contributed by atoms with Gasteiger partial charge >= 0.3 is 0 Å². The Kier molecular flexibility index (Phi) is 2.82. The van der Waals surface area contributed by atoms with Gasteiger partial charge in [0, 0.05) is 5.25 Å². The van der Waals surface area contributed by atoms with Gasteiger partial charge in [-0.15, -0.1) is 0 Å². The van der Waals surface area contributed by atoms with Crippen molar-refractivity contribution in [3.63, 3.8) is 0 Å². The highest BCUT2D eigenvalue weighted by Gasteiger charge is 2.42. The predicted octanol–water partition coefficient (Wildman–Crippen LogP) is 1.51. The van der Waals surface area contributed by atoms with Crippen molar-refractivity contribution >= 4 is 32.5 Å². The van der Waals surface area contributed by atoms with Crippen molar-refractivity contribution in [2.75, 3.05) is 16.8 Å². The molecule has 0 saturated carbocycles. The topological polar surface area (TPSA) is 58.5 Å². The second-order valence-electron chi connectivity index (χ2n) is 4.34. The second-order valence-corrected chi connectivity index (χ2v) is 7.72. The monoisotopic (exact) mass is 286 g/mol. The molecule has 0 spiro atoms. The molecule has 4 nitrogen and oxygen atoms in total. The maximum Gasteiger partial charge on any atom is 0.161 e. The van der Waals surface area contributed by atoms with Gasteiger partial charge in [-0.1, -0.05) is 23.9 Å². The maximum absolute atomic E-state index is 13.4. The summed E-state index contributed by atoms with van der Waals surface area (Å²) in [5, 5.41) is 3.49. The summed E-state index contributed by atoms with van der Waals surface area (Å²) in [5.74, 6) is -0.0769. The Morgan fingerprint density at radius 3 is 2.83 bits per heavy atom. The lowest BCUT2D eigenvalue weighted by atomic mass is 10.3. The second kappa shape index (κ2) is 4.24. The van der Waals surface area contributed by atoms with Gasteiger partial charge in [0.2, 0.25) is 0 Å². The fraction of sp³-hybridized carbons (Fsp3) is 0.364. The van der Waals surface area contributed by atoms with Gasteiger partial charge in [-0.05, 0) is 12.1 Å². The van der Waals surface area contributed by atoms with Crippen molar-refractivity contribution < 1.29 is 12.8 Å². The first-order chi connectivity index (χ1) is 8.53. The van der Waals surface area contributed by atoms with Crippen LogP contribution in [-0.4, -0.2) is 36.4 Å². The summed E-state index contributed by atoms with van der Waals surface area (Å²) in [6.07, 6.45) is 0. The number of hydrogen-bond acceptors (Lipinski definition) is 5. The zero-order valence-electron chi connectivity index (χ0n) is 9.34. The van der Waals surface area contributed by atoms with Gasteiger partial charge in [0.05, 0.1) is 23.2 Å². The number of nitrogens with zero attached hydrogens (tertiary/aromatic N) is 1. The maximum atomic E-state index is 13.4. The van der Waals surface area contributed by atoms with E-state index in [0.29, 0.717) is 10.9 Å². The van der Waals surface area contributed by atoms with E-state index in [1.165, 1.54) is 17.8 Å². The molecule has 1 aromatic carbocycles. The smallest absolute Gasteiger partial charge is 0.161 e. The van der Waals surface area contributed by atoms with Crippen LogP contribution in [0.25, 0.3) is 0 Å². The molecule has 2 atom stereocenters. The highest BCUT2D eigenvalue weighted by Crippen LogP contribution is 2.34. The lowest BCUT2D eigenvalue weighted by molar-refractivity contribution is 0.601. The summed E-state index contributed by atoms with van der Waals surface area (Å²) in [7, 11) is -2.94. The average molecular weight is 286 g/mol. The molecule has 0 aliphatic carbocycles. The number of nitrogens with one attached hydrogen (secondary N) is 1. The van der Waals surface area contributed by atoms with Gasteiger partial charge in [-0.3, -0.25) is 4.99 Å². The number of amidine groups is 1. The third kappa shape index (κ3) is 2.24. The first-order valence-electron chi connectivity index (χ1n) is 5.50.